The first-order valence-electron chi connectivity index (χ1n) is 9.32. The molecule has 1 saturated heterocycles. The Morgan fingerprint density at radius 3 is 2.42 bits per heavy atom. The average Bonchev–Trinajstić information content (AvgIpc) is 2.69. The first-order chi connectivity index (χ1) is 12.6. The maximum Gasteiger partial charge on any atom is 0.331 e. The number of nitrogens with zero attached hydrogens (tertiary/aromatic N) is 1. The number of rotatable bonds is 6. The van der Waals surface area contributed by atoms with Crippen LogP contribution in [0.1, 0.15) is 18.9 Å². The minimum Gasteiger partial charge on any atom is -0.467 e. The number of carbonyl (C=O) groups is 1. The van der Waals surface area contributed by atoms with Crippen LogP contribution in [0.25, 0.3) is 0 Å². The fourth-order valence-electron chi connectivity index (χ4n) is 3.85. The number of hydrogen-bond donors (Lipinski definition) is 1. The highest BCUT2D eigenvalue weighted by Gasteiger charge is 2.47. The van der Waals surface area contributed by atoms with E-state index in [1.54, 1.807) is 0 Å². The molecule has 2 unspecified atom stereocenters. The zero-order valence-corrected chi connectivity index (χ0v) is 15.7. The molecular weight excluding hydrogens is 324 g/mol. The van der Waals surface area contributed by atoms with Gasteiger partial charge in [-0.3, -0.25) is 0 Å². The van der Waals surface area contributed by atoms with Gasteiger partial charge in [-0.1, -0.05) is 55.5 Å². The summed E-state index contributed by atoms with van der Waals surface area (Å²) in [5.74, 6) is -0.0174. The summed E-state index contributed by atoms with van der Waals surface area (Å²) in [6.45, 7) is 4.91. The Bertz CT molecular complexity index is 705. The number of carbonyl (C=O) groups excluding carboxylic acids is 1. The summed E-state index contributed by atoms with van der Waals surface area (Å²) in [6.07, 6.45) is 1.77. The van der Waals surface area contributed by atoms with E-state index >= 15 is 0 Å². The van der Waals surface area contributed by atoms with E-state index in [1.807, 2.05) is 36.4 Å². The van der Waals surface area contributed by atoms with Gasteiger partial charge < -0.3 is 15.0 Å². The van der Waals surface area contributed by atoms with E-state index in [-0.39, 0.29) is 11.9 Å². The molecule has 1 aliphatic heterocycles. The Morgan fingerprint density at radius 1 is 1.15 bits per heavy atom. The lowest BCUT2D eigenvalue weighted by Gasteiger charge is -2.45. The molecule has 138 valence electrons. The minimum atomic E-state index is -0.667. The standard InChI is InChI=1S/C22H28N2O2/c1-18-17-24(15-13-19-9-5-3-6-10-19)16-14-22(18,21(25)26-2)23-20-11-7-4-8-12-20/h3-12,18,23H,13-17H2,1-2H3. The minimum absolute atomic E-state index is 0.152. The third-order valence-corrected chi connectivity index (χ3v) is 5.45. The van der Waals surface area contributed by atoms with Gasteiger partial charge in [0, 0.05) is 31.2 Å². The lowest BCUT2D eigenvalue weighted by molar-refractivity contribution is -0.150. The van der Waals surface area contributed by atoms with Crippen LogP contribution >= 0.6 is 0 Å². The van der Waals surface area contributed by atoms with Gasteiger partial charge in [-0.25, -0.2) is 4.79 Å². The maximum atomic E-state index is 12.7. The second-order valence-corrected chi connectivity index (χ2v) is 7.14. The smallest absolute Gasteiger partial charge is 0.331 e. The van der Waals surface area contributed by atoms with E-state index in [2.05, 4.69) is 41.4 Å². The van der Waals surface area contributed by atoms with Crippen LogP contribution in [0.2, 0.25) is 0 Å². The van der Waals surface area contributed by atoms with Crippen molar-refractivity contribution in [2.75, 3.05) is 32.1 Å². The molecular formula is C22H28N2O2. The topological polar surface area (TPSA) is 41.6 Å². The maximum absolute atomic E-state index is 12.7. The number of nitrogens with one attached hydrogen (secondary N) is 1. The molecule has 4 nitrogen and oxygen atoms in total. The fourth-order valence-corrected chi connectivity index (χ4v) is 3.85. The zero-order chi connectivity index (χ0) is 18.4. The SMILES string of the molecule is COC(=O)C1(Nc2ccccc2)CCN(CCc2ccccc2)CC1C. The van der Waals surface area contributed by atoms with Gasteiger partial charge in [0.25, 0.3) is 0 Å². The third kappa shape index (κ3) is 4.07. The van der Waals surface area contributed by atoms with Crippen LogP contribution in [-0.2, 0) is 16.0 Å². The van der Waals surface area contributed by atoms with Gasteiger partial charge >= 0.3 is 5.97 Å². The number of ether oxygens (including phenoxy) is 1. The van der Waals surface area contributed by atoms with Crippen molar-refractivity contribution in [3.8, 4) is 0 Å². The van der Waals surface area contributed by atoms with Crippen LogP contribution in [-0.4, -0.2) is 43.2 Å². The quantitative estimate of drug-likeness (QED) is 0.807. The molecule has 4 heteroatoms. The zero-order valence-electron chi connectivity index (χ0n) is 15.7. The highest BCUT2D eigenvalue weighted by atomic mass is 16.5. The molecule has 1 aliphatic rings. The Hall–Kier alpha value is -2.33. The number of methoxy groups -OCH3 is 1. The molecule has 1 N–H and O–H groups in total. The molecule has 0 saturated carbocycles. The molecule has 1 heterocycles. The Morgan fingerprint density at radius 2 is 1.81 bits per heavy atom. The molecule has 0 amide bonds. The Labute approximate surface area is 156 Å². The van der Waals surface area contributed by atoms with Crippen molar-refractivity contribution in [3.05, 3.63) is 66.2 Å². The monoisotopic (exact) mass is 352 g/mol. The van der Waals surface area contributed by atoms with E-state index < -0.39 is 5.54 Å². The van der Waals surface area contributed by atoms with Gasteiger partial charge in [0.15, 0.2) is 0 Å². The van der Waals surface area contributed by atoms with Gasteiger partial charge in [-0.05, 0) is 30.5 Å². The van der Waals surface area contributed by atoms with Gasteiger partial charge in [0.1, 0.15) is 5.54 Å². The van der Waals surface area contributed by atoms with Crippen molar-refractivity contribution in [1.82, 2.24) is 4.90 Å². The van der Waals surface area contributed by atoms with Crippen molar-refractivity contribution in [2.24, 2.45) is 5.92 Å². The van der Waals surface area contributed by atoms with Crippen LogP contribution in [0.5, 0.6) is 0 Å². The number of likely N-dealkylation sites (tertiary alicyclic amines) is 1. The molecule has 0 spiro atoms. The summed E-state index contributed by atoms with van der Waals surface area (Å²) in [6, 6.07) is 20.5. The first kappa shape index (κ1) is 18.5. The molecule has 3 rings (SSSR count). The molecule has 26 heavy (non-hydrogen) atoms. The number of benzene rings is 2. The molecule has 0 bridgehead atoms. The second-order valence-electron chi connectivity index (χ2n) is 7.14. The summed E-state index contributed by atoms with van der Waals surface area (Å²) in [4.78, 5) is 15.1. The normalized spacial score (nSPS) is 23.4. The molecule has 2 aromatic rings. The number of esters is 1. The summed E-state index contributed by atoms with van der Waals surface area (Å²) in [7, 11) is 1.48. The van der Waals surface area contributed by atoms with Crippen LogP contribution < -0.4 is 5.32 Å². The molecule has 2 atom stereocenters. The molecule has 0 aliphatic carbocycles. The van der Waals surface area contributed by atoms with E-state index in [0.29, 0.717) is 0 Å². The first-order valence-corrected chi connectivity index (χ1v) is 9.32. The van der Waals surface area contributed by atoms with E-state index in [1.165, 1.54) is 12.7 Å². The van der Waals surface area contributed by atoms with Gasteiger partial charge in [0.2, 0.25) is 0 Å². The van der Waals surface area contributed by atoms with Crippen molar-refractivity contribution >= 4 is 11.7 Å². The second kappa shape index (κ2) is 8.37. The average molecular weight is 352 g/mol. The summed E-state index contributed by atoms with van der Waals surface area (Å²) >= 11 is 0. The Balaban J connectivity index is 1.67. The lowest BCUT2D eigenvalue weighted by atomic mass is 9.78. The Kier molecular flexibility index (Phi) is 5.94. The predicted molar refractivity (Wildman–Crippen MR) is 105 cm³/mol. The van der Waals surface area contributed by atoms with Crippen molar-refractivity contribution in [1.29, 1.82) is 0 Å². The molecule has 2 aromatic carbocycles. The van der Waals surface area contributed by atoms with E-state index in [9.17, 15) is 4.79 Å². The third-order valence-electron chi connectivity index (χ3n) is 5.45. The summed E-state index contributed by atoms with van der Waals surface area (Å²) in [5.41, 5.74) is 1.65. The molecule has 0 radical (unpaired) electrons. The summed E-state index contributed by atoms with van der Waals surface area (Å²) in [5, 5.41) is 3.49. The summed E-state index contributed by atoms with van der Waals surface area (Å²) < 4.78 is 5.18. The van der Waals surface area contributed by atoms with E-state index in [4.69, 9.17) is 4.74 Å². The van der Waals surface area contributed by atoms with Gasteiger partial charge in [-0.15, -0.1) is 0 Å². The number of piperidine rings is 1. The van der Waals surface area contributed by atoms with Crippen molar-refractivity contribution in [2.45, 2.75) is 25.3 Å². The number of para-hydroxylation sites is 1. The predicted octanol–water partition coefficient (Wildman–Crippen LogP) is 3.59. The van der Waals surface area contributed by atoms with Crippen LogP contribution in [0.4, 0.5) is 5.69 Å². The van der Waals surface area contributed by atoms with Gasteiger partial charge in [0.05, 0.1) is 7.11 Å². The van der Waals surface area contributed by atoms with Gasteiger partial charge in [-0.2, -0.15) is 0 Å². The number of hydrogen-bond acceptors (Lipinski definition) is 4. The van der Waals surface area contributed by atoms with E-state index in [0.717, 1.165) is 38.2 Å². The van der Waals surface area contributed by atoms with Crippen LogP contribution in [0.3, 0.4) is 0 Å². The van der Waals surface area contributed by atoms with Crippen LogP contribution in [0, 0.1) is 5.92 Å². The largest absolute Gasteiger partial charge is 0.467 e. The lowest BCUT2D eigenvalue weighted by Crippen LogP contribution is -2.60. The van der Waals surface area contributed by atoms with Crippen LogP contribution in [0.15, 0.2) is 60.7 Å². The number of anilines is 1. The fraction of sp³-hybridized carbons (Fsp3) is 0.409. The highest BCUT2D eigenvalue weighted by molar-refractivity contribution is 5.85. The molecule has 0 aromatic heterocycles. The van der Waals surface area contributed by atoms with Crippen molar-refractivity contribution < 1.29 is 9.53 Å². The van der Waals surface area contributed by atoms with Crippen molar-refractivity contribution in [3.63, 3.8) is 0 Å². The highest BCUT2D eigenvalue weighted by Crippen LogP contribution is 2.33. The molecule has 1 fully saturated rings.